The highest BCUT2D eigenvalue weighted by Crippen LogP contribution is 2.32. The average molecular weight is 387 g/mol. The number of hydrogen-bond donors (Lipinski definition) is 0. The van der Waals surface area contributed by atoms with Crippen LogP contribution >= 0.6 is 0 Å². The first-order valence-electron chi connectivity index (χ1n) is 8.93. The van der Waals surface area contributed by atoms with Gasteiger partial charge in [-0.3, -0.25) is 9.78 Å². The fourth-order valence-electron chi connectivity index (χ4n) is 3.62. The molecule has 2 aromatic rings. The summed E-state index contributed by atoms with van der Waals surface area (Å²) in [4.78, 5) is 17.6. The molecule has 1 aromatic carbocycles. The van der Waals surface area contributed by atoms with E-state index in [4.69, 9.17) is 4.74 Å². The molecule has 1 saturated heterocycles. The summed E-state index contributed by atoms with van der Waals surface area (Å²) in [6, 6.07) is 8.65. The normalized spacial score (nSPS) is 19.9. The topological polar surface area (TPSA) is 79.8 Å². The highest BCUT2D eigenvalue weighted by molar-refractivity contribution is 7.89. The Morgan fingerprint density at radius 1 is 1.26 bits per heavy atom. The van der Waals surface area contributed by atoms with Crippen molar-refractivity contribution in [2.45, 2.75) is 30.8 Å². The van der Waals surface area contributed by atoms with Gasteiger partial charge in [-0.25, -0.2) is 8.42 Å². The van der Waals surface area contributed by atoms with Gasteiger partial charge in [0.05, 0.1) is 17.6 Å². The molecule has 1 unspecified atom stereocenters. The standard InChI is InChI=1S/C19H21N3O4S/c1-14(23)22-10-6-15-4-5-18(11-19(15)22)27(24,25)21-9-7-17(13-21)26-16-3-2-8-20-12-16/h2-5,8,11-12,17H,6-7,9-10,13H2,1H3. The summed E-state index contributed by atoms with van der Waals surface area (Å²) < 4.78 is 33.4. The molecule has 4 rings (SSSR count). The molecule has 3 heterocycles. The van der Waals surface area contributed by atoms with Gasteiger partial charge in [-0.2, -0.15) is 4.31 Å². The number of sulfonamides is 1. The highest BCUT2D eigenvalue weighted by atomic mass is 32.2. The molecule has 0 radical (unpaired) electrons. The summed E-state index contributed by atoms with van der Waals surface area (Å²) in [6.07, 6.45) is 4.45. The Balaban J connectivity index is 1.53. The quantitative estimate of drug-likeness (QED) is 0.800. The van der Waals surface area contributed by atoms with Gasteiger partial charge in [-0.05, 0) is 42.7 Å². The second-order valence-corrected chi connectivity index (χ2v) is 8.73. The largest absolute Gasteiger partial charge is 0.487 e. The second-order valence-electron chi connectivity index (χ2n) is 6.79. The molecule has 1 atom stereocenters. The van der Waals surface area contributed by atoms with Crippen molar-refractivity contribution in [2.75, 3.05) is 24.5 Å². The van der Waals surface area contributed by atoms with Crippen molar-refractivity contribution in [3.63, 3.8) is 0 Å². The minimum absolute atomic E-state index is 0.0746. The van der Waals surface area contributed by atoms with Crippen LogP contribution in [0.2, 0.25) is 0 Å². The minimum Gasteiger partial charge on any atom is -0.487 e. The number of fused-ring (bicyclic) bond motifs is 1. The maximum absolute atomic E-state index is 13.1. The maximum atomic E-state index is 13.1. The zero-order chi connectivity index (χ0) is 19.0. The molecule has 0 saturated carbocycles. The number of anilines is 1. The second kappa shape index (κ2) is 6.94. The zero-order valence-electron chi connectivity index (χ0n) is 15.0. The molecular weight excluding hydrogens is 366 g/mol. The molecule has 2 aliphatic heterocycles. The lowest BCUT2D eigenvalue weighted by Crippen LogP contribution is -2.31. The SMILES string of the molecule is CC(=O)N1CCc2ccc(S(=O)(=O)N3CCC(Oc4cccnc4)C3)cc21. The van der Waals surface area contributed by atoms with E-state index in [-0.39, 0.29) is 16.9 Å². The fraction of sp³-hybridized carbons (Fsp3) is 0.368. The summed E-state index contributed by atoms with van der Waals surface area (Å²) in [6.45, 7) is 2.79. The number of amides is 1. The first-order valence-corrected chi connectivity index (χ1v) is 10.4. The summed E-state index contributed by atoms with van der Waals surface area (Å²) in [5, 5.41) is 0. The Bertz CT molecular complexity index is 962. The Kier molecular flexibility index (Phi) is 4.61. The molecule has 1 amide bonds. The van der Waals surface area contributed by atoms with Crippen LogP contribution in [0.1, 0.15) is 18.9 Å². The van der Waals surface area contributed by atoms with Gasteiger partial charge in [0.15, 0.2) is 0 Å². The first-order chi connectivity index (χ1) is 12.9. The van der Waals surface area contributed by atoms with E-state index >= 15 is 0 Å². The smallest absolute Gasteiger partial charge is 0.243 e. The van der Waals surface area contributed by atoms with E-state index in [0.29, 0.717) is 37.5 Å². The van der Waals surface area contributed by atoms with Gasteiger partial charge in [0.2, 0.25) is 15.9 Å². The number of pyridine rings is 1. The molecule has 27 heavy (non-hydrogen) atoms. The van der Waals surface area contributed by atoms with Crippen LogP contribution in [0, 0.1) is 0 Å². The van der Waals surface area contributed by atoms with Crippen LogP contribution in [-0.2, 0) is 21.2 Å². The van der Waals surface area contributed by atoms with Crippen molar-refractivity contribution in [3.8, 4) is 5.75 Å². The summed E-state index contributed by atoms with van der Waals surface area (Å²) in [5.74, 6) is 0.561. The monoisotopic (exact) mass is 387 g/mol. The molecule has 7 nitrogen and oxygen atoms in total. The van der Waals surface area contributed by atoms with Gasteiger partial charge < -0.3 is 9.64 Å². The number of aromatic nitrogens is 1. The molecule has 0 bridgehead atoms. The first kappa shape index (κ1) is 17.9. The van der Waals surface area contributed by atoms with Crippen LogP contribution in [0.15, 0.2) is 47.6 Å². The van der Waals surface area contributed by atoms with Gasteiger partial charge in [-0.15, -0.1) is 0 Å². The van der Waals surface area contributed by atoms with Gasteiger partial charge in [0.1, 0.15) is 11.9 Å². The van der Waals surface area contributed by atoms with Crippen LogP contribution in [-0.4, -0.2) is 49.4 Å². The predicted molar refractivity (Wildman–Crippen MR) is 100 cm³/mol. The van der Waals surface area contributed by atoms with Gasteiger partial charge in [-0.1, -0.05) is 6.07 Å². The minimum atomic E-state index is -3.63. The lowest BCUT2D eigenvalue weighted by molar-refractivity contribution is -0.116. The number of rotatable bonds is 4. The van der Waals surface area contributed by atoms with Crippen molar-refractivity contribution in [3.05, 3.63) is 48.3 Å². The number of benzene rings is 1. The Labute approximate surface area is 158 Å². The lowest BCUT2D eigenvalue weighted by Gasteiger charge is -2.19. The predicted octanol–water partition coefficient (Wildman–Crippen LogP) is 1.83. The lowest BCUT2D eigenvalue weighted by atomic mass is 10.2. The molecular formula is C19H21N3O4S. The van der Waals surface area contributed by atoms with E-state index in [2.05, 4.69) is 4.98 Å². The van der Waals surface area contributed by atoms with Crippen LogP contribution in [0.3, 0.4) is 0 Å². The summed E-state index contributed by atoms with van der Waals surface area (Å²) in [5.41, 5.74) is 1.70. The van der Waals surface area contributed by atoms with E-state index in [1.54, 1.807) is 41.6 Å². The molecule has 2 aliphatic rings. The maximum Gasteiger partial charge on any atom is 0.243 e. The number of carbonyl (C=O) groups excluding carboxylic acids is 1. The average Bonchev–Trinajstić information content (AvgIpc) is 3.29. The molecule has 1 aromatic heterocycles. The van der Waals surface area contributed by atoms with Crippen LogP contribution in [0.5, 0.6) is 5.75 Å². The number of carbonyl (C=O) groups is 1. The van der Waals surface area contributed by atoms with Crippen molar-refractivity contribution in [2.24, 2.45) is 0 Å². The molecule has 8 heteroatoms. The third kappa shape index (κ3) is 3.42. The van der Waals surface area contributed by atoms with Crippen LogP contribution in [0.4, 0.5) is 5.69 Å². The molecule has 0 spiro atoms. The number of hydrogen-bond acceptors (Lipinski definition) is 5. The highest BCUT2D eigenvalue weighted by Gasteiger charge is 2.35. The van der Waals surface area contributed by atoms with Crippen LogP contribution < -0.4 is 9.64 Å². The van der Waals surface area contributed by atoms with Crippen molar-refractivity contribution >= 4 is 21.6 Å². The van der Waals surface area contributed by atoms with Crippen molar-refractivity contribution in [1.29, 1.82) is 0 Å². The summed E-state index contributed by atoms with van der Waals surface area (Å²) in [7, 11) is -3.63. The van der Waals surface area contributed by atoms with Gasteiger partial charge in [0, 0.05) is 31.9 Å². The van der Waals surface area contributed by atoms with Crippen LogP contribution in [0.25, 0.3) is 0 Å². The van der Waals surface area contributed by atoms with Gasteiger partial charge >= 0.3 is 0 Å². The zero-order valence-corrected chi connectivity index (χ0v) is 15.9. The van der Waals surface area contributed by atoms with Crippen molar-refractivity contribution < 1.29 is 17.9 Å². The van der Waals surface area contributed by atoms with E-state index in [0.717, 1.165) is 12.0 Å². The van der Waals surface area contributed by atoms with E-state index < -0.39 is 10.0 Å². The Hall–Kier alpha value is -2.45. The fourth-order valence-corrected chi connectivity index (χ4v) is 5.12. The molecule has 0 aliphatic carbocycles. The van der Waals surface area contributed by atoms with Gasteiger partial charge in [0.25, 0.3) is 0 Å². The summed E-state index contributed by atoms with van der Waals surface area (Å²) >= 11 is 0. The van der Waals surface area contributed by atoms with E-state index in [9.17, 15) is 13.2 Å². The van der Waals surface area contributed by atoms with Crippen molar-refractivity contribution in [1.82, 2.24) is 9.29 Å². The number of ether oxygens (including phenoxy) is 1. The van der Waals surface area contributed by atoms with E-state index in [1.807, 2.05) is 6.07 Å². The molecule has 142 valence electrons. The third-order valence-electron chi connectivity index (χ3n) is 5.02. The molecule has 1 fully saturated rings. The number of nitrogens with zero attached hydrogens (tertiary/aromatic N) is 3. The molecule has 0 N–H and O–H groups in total. The third-order valence-corrected chi connectivity index (χ3v) is 6.88. The Morgan fingerprint density at radius 3 is 2.85 bits per heavy atom. The Morgan fingerprint density at radius 2 is 2.11 bits per heavy atom. The van der Waals surface area contributed by atoms with E-state index in [1.165, 1.54) is 11.2 Å².